The molecule has 96 valence electrons. The Morgan fingerprint density at radius 3 is 2.33 bits per heavy atom. The summed E-state index contributed by atoms with van der Waals surface area (Å²) >= 11 is 0. The summed E-state index contributed by atoms with van der Waals surface area (Å²) in [6, 6.07) is 5.95. The Balaban J connectivity index is 2.19. The molecule has 0 amide bonds. The Bertz CT molecular complexity index is 573. The van der Waals surface area contributed by atoms with Gasteiger partial charge in [0, 0.05) is 0 Å². The zero-order valence-corrected chi connectivity index (χ0v) is 10.8. The van der Waals surface area contributed by atoms with Crippen LogP contribution in [0.5, 0.6) is 0 Å². The lowest BCUT2D eigenvalue weighted by molar-refractivity contribution is 0.200. The number of hydrogen-bond acceptors (Lipinski definition) is 3. The summed E-state index contributed by atoms with van der Waals surface area (Å²) in [7, 11) is -3.60. The number of benzene rings is 1. The van der Waals surface area contributed by atoms with Crippen LogP contribution in [0, 0.1) is 6.92 Å². The molecule has 2 unspecified atom stereocenters. The summed E-state index contributed by atoms with van der Waals surface area (Å²) in [6.07, 6.45) is 5.71. The first-order valence-electron chi connectivity index (χ1n) is 5.61. The fourth-order valence-electron chi connectivity index (χ4n) is 1.67. The van der Waals surface area contributed by atoms with E-state index < -0.39 is 22.2 Å². The van der Waals surface area contributed by atoms with Crippen LogP contribution in [-0.4, -0.2) is 25.7 Å². The topological polar surface area (TPSA) is 66.4 Å². The zero-order chi connectivity index (χ0) is 13.2. The van der Waals surface area contributed by atoms with Gasteiger partial charge in [0.15, 0.2) is 0 Å². The smallest absolute Gasteiger partial charge is 0.241 e. The highest BCUT2D eigenvalue weighted by atomic mass is 32.2. The van der Waals surface area contributed by atoms with Crippen molar-refractivity contribution in [1.82, 2.24) is 4.72 Å². The highest BCUT2D eigenvalue weighted by molar-refractivity contribution is 7.89. The van der Waals surface area contributed by atoms with Gasteiger partial charge < -0.3 is 5.11 Å². The van der Waals surface area contributed by atoms with Crippen molar-refractivity contribution in [1.29, 1.82) is 0 Å². The highest BCUT2D eigenvalue weighted by Crippen LogP contribution is 2.13. The van der Waals surface area contributed by atoms with Gasteiger partial charge in [-0.25, -0.2) is 13.1 Å². The molecule has 2 rings (SSSR count). The number of aliphatic hydroxyl groups is 1. The predicted octanol–water partition coefficient (Wildman–Crippen LogP) is 1.13. The minimum Gasteiger partial charge on any atom is -0.387 e. The minimum atomic E-state index is -3.60. The van der Waals surface area contributed by atoms with E-state index in [9.17, 15) is 13.5 Å². The van der Waals surface area contributed by atoms with E-state index in [2.05, 4.69) is 4.72 Å². The maximum absolute atomic E-state index is 12.1. The molecule has 1 aromatic carbocycles. The van der Waals surface area contributed by atoms with E-state index in [1.807, 2.05) is 6.92 Å². The van der Waals surface area contributed by atoms with Crippen LogP contribution in [0.3, 0.4) is 0 Å². The van der Waals surface area contributed by atoms with Crippen molar-refractivity contribution < 1.29 is 13.5 Å². The second-order valence-electron chi connectivity index (χ2n) is 4.22. The van der Waals surface area contributed by atoms with Gasteiger partial charge in [0.05, 0.1) is 17.0 Å². The fourth-order valence-corrected chi connectivity index (χ4v) is 2.88. The van der Waals surface area contributed by atoms with Crippen molar-refractivity contribution in [2.45, 2.75) is 24.0 Å². The summed E-state index contributed by atoms with van der Waals surface area (Å²) in [6.45, 7) is 1.89. The number of allylic oxidation sites excluding steroid dienone is 2. The summed E-state index contributed by atoms with van der Waals surface area (Å²) < 4.78 is 26.6. The van der Waals surface area contributed by atoms with Gasteiger partial charge in [0.2, 0.25) is 10.0 Å². The van der Waals surface area contributed by atoms with E-state index in [4.69, 9.17) is 0 Å². The second kappa shape index (κ2) is 5.06. The van der Waals surface area contributed by atoms with Gasteiger partial charge in [0.1, 0.15) is 0 Å². The average molecular weight is 265 g/mol. The van der Waals surface area contributed by atoms with Gasteiger partial charge >= 0.3 is 0 Å². The van der Waals surface area contributed by atoms with Crippen LogP contribution in [0.2, 0.25) is 0 Å². The number of hydrogen-bond donors (Lipinski definition) is 2. The Hall–Kier alpha value is -1.43. The SMILES string of the molecule is Cc1ccc(S(=O)(=O)NC2C=CC=CC2O)cc1. The first-order chi connectivity index (χ1) is 8.49. The Kier molecular flexibility index (Phi) is 3.65. The summed E-state index contributed by atoms with van der Waals surface area (Å²) in [5.74, 6) is 0. The van der Waals surface area contributed by atoms with Crippen LogP contribution in [0.4, 0.5) is 0 Å². The van der Waals surface area contributed by atoms with Gasteiger partial charge in [-0.3, -0.25) is 0 Å². The van der Waals surface area contributed by atoms with Crippen molar-refractivity contribution in [3.05, 3.63) is 54.1 Å². The van der Waals surface area contributed by atoms with Crippen LogP contribution >= 0.6 is 0 Å². The number of rotatable bonds is 3. The second-order valence-corrected chi connectivity index (χ2v) is 5.93. The van der Waals surface area contributed by atoms with Crippen LogP contribution in [0.25, 0.3) is 0 Å². The summed E-state index contributed by atoms with van der Waals surface area (Å²) in [5.41, 5.74) is 0.995. The van der Waals surface area contributed by atoms with Crippen LogP contribution in [0.1, 0.15) is 5.56 Å². The maximum atomic E-state index is 12.1. The van der Waals surface area contributed by atoms with E-state index in [0.717, 1.165) is 5.56 Å². The summed E-state index contributed by atoms with van der Waals surface area (Å²) in [5, 5.41) is 9.66. The molecule has 0 bridgehead atoms. The molecule has 18 heavy (non-hydrogen) atoms. The van der Waals surface area contributed by atoms with E-state index in [0.29, 0.717) is 0 Å². The lowest BCUT2D eigenvalue weighted by Crippen LogP contribution is -2.41. The normalized spacial score (nSPS) is 23.2. The van der Waals surface area contributed by atoms with Crippen molar-refractivity contribution in [2.24, 2.45) is 0 Å². The van der Waals surface area contributed by atoms with E-state index >= 15 is 0 Å². The molecule has 0 saturated heterocycles. The number of nitrogens with one attached hydrogen (secondary N) is 1. The van der Waals surface area contributed by atoms with Gasteiger partial charge in [-0.05, 0) is 19.1 Å². The molecule has 4 nitrogen and oxygen atoms in total. The number of aliphatic hydroxyl groups excluding tert-OH is 1. The van der Waals surface area contributed by atoms with E-state index in [1.54, 1.807) is 48.6 Å². The predicted molar refractivity (Wildman–Crippen MR) is 69.6 cm³/mol. The molecule has 0 aromatic heterocycles. The van der Waals surface area contributed by atoms with Crippen molar-refractivity contribution in [3.8, 4) is 0 Å². The van der Waals surface area contributed by atoms with E-state index in [1.165, 1.54) is 0 Å². The lowest BCUT2D eigenvalue weighted by Gasteiger charge is -2.20. The standard InChI is InChI=1S/C13H15NO3S/c1-10-6-8-11(9-7-10)18(16,17)14-12-4-2-3-5-13(12)15/h2-9,12-15H,1H3. The van der Waals surface area contributed by atoms with Crippen molar-refractivity contribution in [3.63, 3.8) is 0 Å². The third-order valence-corrected chi connectivity index (χ3v) is 4.20. The van der Waals surface area contributed by atoms with Crippen LogP contribution in [0.15, 0.2) is 53.5 Å². The van der Waals surface area contributed by atoms with Crippen LogP contribution in [-0.2, 0) is 10.0 Å². The zero-order valence-electron chi connectivity index (χ0n) is 9.95. The largest absolute Gasteiger partial charge is 0.387 e. The molecule has 0 aliphatic heterocycles. The quantitative estimate of drug-likeness (QED) is 0.861. The molecule has 0 heterocycles. The first kappa shape index (κ1) is 13.0. The maximum Gasteiger partial charge on any atom is 0.241 e. The third-order valence-electron chi connectivity index (χ3n) is 2.73. The van der Waals surface area contributed by atoms with Gasteiger partial charge in [-0.2, -0.15) is 0 Å². The molecule has 0 radical (unpaired) electrons. The van der Waals surface area contributed by atoms with Gasteiger partial charge in [-0.15, -0.1) is 0 Å². The number of sulfonamides is 1. The molecule has 0 spiro atoms. The van der Waals surface area contributed by atoms with Crippen molar-refractivity contribution >= 4 is 10.0 Å². The number of aryl methyl sites for hydroxylation is 1. The fraction of sp³-hybridized carbons (Fsp3) is 0.231. The molecule has 1 aromatic rings. The molecular weight excluding hydrogens is 250 g/mol. The Morgan fingerprint density at radius 2 is 1.72 bits per heavy atom. The van der Waals surface area contributed by atoms with Gasteiger partial charge in [-0.1, -0.05) is 42.0 Å². The Labute approximate surface area is 107 Å². The van der Waals surface area contributed by atoms with Crippen LogP contribution < -0.4 is 4.72 Å². The highest BCUT2D eigenvalue weighted by Gasteiger charge is 2.23. The molecule has 2 atom stereocenters. The molecule has 0 fully saturated rings. The first-order valence-corrected chi connectivity index (χ1v) is 7.09. The Morgan fingerprint density at radius 1 is 1.11 bits per heavy atom. The monoisotopic (exact) mass is 265 g/mol. The average Bonchev–Trinajstić information content (AvgIpc) is 2.32. The van der Waals surface area contributed by atoms with Gasteiger partial charge in [0.25, 0.3) is 0 Å². The lowest BCUT2D eigenvalue weighted by atomic mass is 10.1. The molecule has 1 aliphatic carbocycles. The molecule has 1 aliphatic rings. The molecule has 2 N–H and O–H groups in total. The minimum absolute atomic E-state index is 0.197. The molecule has 5 heteroatoms. The van der Waals surface area contributed by atoms with Crippen molar-refractivity contribution in [2.75, 3.05) is 0 Å². The third kappa shape index (κ3) is 2.87. The van der Waals surface area contributed by atoms with E-state index in [-0.39, 0.29) is 4.90 Å². The summed E-state index contributed by atoms with van der Waals surface area (Å²) in [4.78, 5) is 0.197. The molecule has 0 saturated carbocycles. The molecular formula is C13H15NO3S.